The molecule has 0 aliphatic carbocycles. The number of hydrogen-bond donors (Lipinski definition) is 2. The van der Waals surface area contributed by atoms with Crippen LogP contribution in [0.15, 0.2) is 30.6 Å². The molecule has 2 heterocycles. The summed E-state index contributed by atoms with van der Waals surface area (Å²) in [6.45, 7) is 3.04. The number of nitrogens with one attached hydrogen (secondary N) is 1. The second-order valence-electron chi connectivity index (χ2n) is 3.68. The summed E-state index contributed by atoms with van der Waals surface area (Å²) in [5, 5.41) is 12.2. The number of hydrogen-bond acceptors (Lipinski definition) is 3. The van der Waals surface area contributed by atoms with E-state index in [0.717, 1.165) is 11.3 Å². The largest absolute Gasteiger partial charge is 0.392 e. The van der Waals surface area contributed by atoms with Crippen molar-refractivity contribution in [2.75, 3.05) is 6.54 Å². The van der Waals surface area contributed by atoms with Crippen molar-refractivity contribution >= 4 is 5.65 Å². The molecule has 0 saturated heterocycles. The van der Waals surface area contributed by atoms with Gasteiger partial charge in [-0.15, -0.1) is 0 Å². The zero-order chi connectivity index (χ0) is 10.7. The predicted octanol–water partition coefficient (Wildman–Crippen LogP) is 0.805. The lowest BCUT2D eigenvalue weighted by Crippen LogP contribution is -2.23. The third kappa shape index (κ3) is 2.55. The molecular weight excluding hydrogens is 190 g/mol. The summed E-state index contributed by atoms with van der Waals surface area (Å²) in [7, 11) is 0. The maximum atomic E-state index is 9.08. The van der Waals surface area contributed by atoms with Crippen LogP contribution in [0.25, 0.3) is 5.65 Å². The van der Waals surface area contributed by atoms with Gasteiger partial charge in [0.05, 0.1) is 11.8 Å². The van der Waals surface area contributed by atoms with E-state index in [4.69, 9.17) is 5.11 Å². The van der Waals surface area contributed by atoms with Crippen molar-refractivity contribution in [3.63, 3.8) is 0 Å². The Morgan fingerprint density at radius 1 is 1.53 bits per heavy atom. The minimum Gasteiger partial charge on any atom is -0.392 e. The summed E-state index contributed by atoms with van der Waals surface area (Å²) >= 11 is 0. The maximum absolute atomic E-state index is 9.08. The minimum atomic E-state index is -0.318. The standard InChI is InChI=1S/C11H15N3O/c1-9(15)6-12-7-10-8-14-5-3-2-4-11(14)13-10/h2-5,8-9,12,15H,6-7H2,1H3/t9-/m1/s1. The first-order chi connectivity index (χ1) is 7.25. The summed E-state index contributed by atoms with van der Waals surface area (Å²) in [4.78, 5) is 4.43. The maximum Gasteiger partial charge on any atom is 0.137 e. The van der Waals surface area contributed by atoms with Crippen LogP contribution in [-0.4, -0.2) is 27.1 Å². The monoisotopic (exact) mass is 205 g/mol. The Morgan fingerprint density at radius 2 is 2.40 bits per heavy atom. The normalized spacial score (nSPS) is 13.2. The molecule has 15 heavy (non-hydrogen) atoms. The highest BCUT2D eigenvalue weighted by Crippen LogP contribution is 2.03. The van der Waals surface area contributed by atoms with Crippen LogP contribution in [0.1, 0.15) is 12.6 Å². The molecular formula is C11H15N3O. The van der Waals surface area contributed by atoms with Crippen molar-refractivity contribution in [2.45, 2.75) is 19.6 Å². The minimum absolute atomic E-state index is 0.318. The van der Waals surface area contributed by atoms with E-state index in [0.29, 0.717) is 13.1 Å². The number of rotatable bonds is 4. The molecule has 0 saturated carbocycles. The van der Waals surface area contributed by atoms with Crippen LogP contribution in [0.5, 0.6) is 0 Å². The van der Waals surface area contributed by atoms with E-state index in [2.05, 4.69) is 10.3 Å². The number of aliphatic hydroxyl groups is 1. The summed E-state index contributed by atoms with van der Waals surface area (Å²) in [5.41, 5.74) is 1.94. The van der Waals surface area contributed by atoms with E-state index in [1.54, 1.807) is 6.92 Å². The Balaban J connectivity index is 2.03. The van der Waals surface area contributed by atoms with Crippen LogP contribution in [-0.2, 0) is 6.54 Å². The van der Waals surface area contributed by atoms with Gasteiger partial charge in [-0.1, -0.05) is 6.07 Å². The van der Waals surface area contributed by atoms with Crippen LogP contribution in [0, 0.1) is 0 Å². The number of aromatic nitrogens is 2. The molecule has 0 fully saturated rings. The Morgan fingerprint density at radius 3 is 3.13 bits per heavy atom. The lowest BCUT2D eigenvalue weighted by atomic mass is 10.4. The molecule has 0 aliphatic rings. The second-order valence-corrected chi connectivity index (χ2v) is 3.68. The fourth-order valence-corrected chi connectivity index (χ4v) is 1.48. The predicted molar refractivity (Wildman–Crippen MR) is 58.6 cm³/mol. The number of aliphatic hydroxyl groups excluding tert-OH is 1. The molecule has 0 aromatic carbocycles. The highest BCUT2D eigenvalue weighted by Gasteiger charge is 2.00. The average molecular weight is 205 g/mol. The van der Waals surface area contributed by atoms with E-state index >= 15 is 0 Å². The van der Waals surface area contributed by atoms with E-state index in [1.807, 2.05) is 35.0 Å². The van der Waals surface area contributed by atoms with Gasteiger partial charge < -0.3 is 14.8 Å². The Labute approximate surface area is 88.6 Å². The molecule has 0 aliphatic heterocycles. The van der Waals surface area contributed by atoms with Crippen LogP contribution in [0.2, 0.25) is 0 Å². The van der Waals surface area contributed by atoms with Crippen LogP contribution in [0.3, 0.4) is 0 Å². The molecule has 0 radical (unpaired) electrons. The van der Waals surface area contributed by atoms with Crippen molar-refractivity contribution < 1.29 is 5.11 Å². The molecule has 4 nitrogen and oxygen atoms in total. The first kappa shape index (κ1) is 10.1. The van der Waals surface area contributed by atoms with E-state index in [9.17, 15) is 0 Å². The fraction of sp³-hybridized carbons (Fsp3) is 0.364. The van der Waals surface area contributed by atoms with Gasteiger partial charge in [-0.3, -0.25) is 0 Å². The van der Waals surface area contributed by atoms with Crippen molar-refractivity contribution in [1.29, 1.82) is 0 Å². The smallest absolute Gasteiger partial charge is 0.137 e. The van der Waals surface area contributed by atoms with Gasteiger partial charge in [0.1, 0.15) is 5.65 Å². The van der Waals surface area contributed by atoms with Gasteiger partial charge in [-0.05, 0) is 19.1 Å². The Hall–Kier alpha value is -1.39. The number of imidazole rings is 1. The van der Waals surface area contributed by atoms with Gasteiger partial charge >= 0.3 is 0 Å². The van der Waals surface area contributed by atoms with Gasteiger partial charge in [-0.25, -0.2) is 4.98 Å². The van der Waals surface area contributed by atoms with Crippen molar-refractivity contribution in [2.24, 2.45) is 0 Å². The molecule has 4 heteroatoms. The van der Waals surface area contributed by atoms with Crippen LogP contribution in [0.4, 0.5) is 0 Å². The lowest BCUT2D eigenvalue weighted by Gasteiger charge is -2.03. The number of fused-ring (bicyclic) bond motifs is 1. The second kappa shape index (κ2) is 4.42. The first-order valence-corrected chi connectivity index (χ1v) is 5.07. The van der Waals surface area contributed by atoms with Gasteiger partial charge in [0.2, 0.25) is 0 Å². The summed E-state index contributed by atoms with van der Waals surface area (Å²) < 4.78 is 1.99. The zero-order valence-corrected chi connectivity index (χ0v) is 8.72. The van der Waals surface area contributed by atoms with E-state index in [-0.39, 0.29) is 6.10 Å². The third-order valence-corrected chi connectivity index (χ3v) is 2.16. The third-order valence-electron chi connectivity index (χ3n) is 2.16. The quantitative estimate of drug-likeness (QED) is 0.776. The van der Waals surface area contributed by atoms with Gasteiger partial charge in [0.25, 0.3) is 0 Å². The topological polar surface area (TPSA) is 49.6 Å². The molecule has 0 amide bonds. The highest BCUT2D eigenvalue weighted by molar-refractivity contribution is 5.39. The van der Waals surface area contributed by atoms with Gasteiger partial charge in [-0.2, -0.15) is 0 Å². The van der Waals surface area contributed by atoms with Gasteiger partial charge in [0, 0.05) is 25.5 Å². The molecule has 0 spiro atoms. The molecule has 2 aromatic heterocycles. The molecule has 80 valence electrons. The van der Waals surface area contributed by atoms with Gasteiger partial charge in [0.15, 0.2) is 0 Å². The van der Waals surface area contributed by atoms with Crippen LogP contribution < -0.4 is 5.32 Å². The fourth-order valence-electron chi connectivity index (χ4n) is 1.48. The molecule has 2 N–H and O–H groups in total. The van der Waals surface area contributed by atoms with Crippen molar-refractivity contribution in [1.82, 2.24) is 14.7 Å². The summed E-state index contributed by atoms with van der Waals surface area (Å²) in [6, 6.07) is 5.91. The highest BCUT2D eigenvalue weighted by atomic mass is 16.3. The van der Waals surface area contributed by atoms with Crippen molar-refractivity contribution in [3.8, 4) is 0 Å². The summed E-state index contributed by atoms with van der Waals surface area (Å²) in [6.07, 6.45) is 3.65. The van der Waals surface area contributed by atoms with E-state index in [1.165, 1.54) is 0 Å². The Kier molecular flexibility index (Phi) is 2.99. The van der Waals surface area contributed by atoms with Crippen molar-refractivity contribution in [3.05, 3.63) is 36.3 Å². The molecule has 0 unspecified atom stereocenters. The number of pyridine rings is 1. The zero-order valence-electron chi connectivity index (χ0n) is 8.72. The van der Waals surface area contributed by atoms with E-state index < -0.39 is 0 Å². The number of nitrogens with zero attached hydrogens (tertiary/aromatic N) is 2. The molecule has 2 rings (SSSR count). The average Bonchev–Trinajstić information content (AvgIpc) is 2.59. The SMILES string of the molecule is C[C@@H](O)CNCc1cn2ccccc2n1. The van der Waals surface area contributed by atoms with Crippen LogP contribution >= 0.6 is 0 Å². The molecule has 2 aromatic rings. The molecule has 1 atom stereocenters. The molecule has 0 bridgehead atoms. The lowest BCUT2D eigenvalue weighted by molar-refractivity contribution is 0.191. The Bertz CT molecular complexity index is 403. The first-order valence-electron chi connectivity index (χ1n) is 5.07. The summed E-state index contributed by atoms with van der Waals surface area (Å²) in [5.74, 6) is 0.